The van der Waals surface area contributed by atoms with E-state index in [1.807, 2.05) is 20.8 Å². The maximum Gasteiger partial charge on any atom is 0.416 e. The highest BCUT2D eigenvalue weighted by atomic mass is 19.4. The number of benzene rings is 1. The Labute approximate surface area is 122 Å². The molecule has 0 aromatic heterocycles. The van der Waals surface area contributed by atoms with E-state index < -0.39 is 17.6 Å². The molecule has 1 unspecified atom stereocenters. The number of nitrogens with zero attached hydrogens (tertiary/aromatic N) is 1. The van der Waals surface area contributed by atoms with Crippen molar-refractivity contribution in [1.82, 2.24) is 4.90 Å². The van der Waals surface area contributed by atoms with Crippen LogP contribution in [0.15, 0.2) is 18.2 Å². The molecule has 0 aliphatic heterocycles. The Morgan fingerprint density at radius 2 is 1.86 bits per heavy atom. The fraction of sp³-hybridized carbons (Fsp3) is 0.533. The maximum atomic E-state index is 12.7. The van der Waals surface area contributed by atoms with Crippen LogP contribution in [0.2, 0.25) is 0 Å². The standard InChI is InChI=1S/C15H21F3N2O/c1-9(2)7-10(3)20(4)14(21)12-8-11(15(16,17)18)5-6-13(12)19/h5-6,8-10H,7,19H2,1-4H3. The Kier molecular flexibility index (Phi) is 5.25. The molecule has 0 radical (unpaired) electrons. The molecule has 0 aliphatic carbocycles. The molecule has 0 heterocycles. The zero-order valence-corrected chi connectivity index (χ0v) is 12.7. The molecular formula is C15H21F3N2O. The number of carbonyl (C=O) groups is 1. The summed E-state index contributed by atoms with van der Waals surface area (Å²) in [4.78, 5) is 13.8. The number of nitrogens with two attached hydrogens (primary N) is 1. The van der Waals surface area contributed by atoms with E-state index in [2.05, 4.69) is 0 Å². The van der Waals surface area contributed by atoms with Crippen LogP contribution < -0.4 is 5.73 Å². The van der Waals surface area contributed by atoms with Gasteiger partial charge in [0.15, 0.2) is 0 Å². The summed E-state index contributed by atoms with van der Waals surface area (Å²) in [5.41, 5.74) is 4.73. The molecule has 0 saturated carbocycles. The molecule has 3 nitrogen and oxygen atoms in total. The molecule has 1 aromatic rings. The van der Waals surface area contributed by atoms with Gasteiger partial charge in [-0.3, -0.25) is 4.79 Å². The number of hydrogen-bond donors (Lipinski definition) is 1. The van der Waals surface area contributed by atoms with Gasteiger partial charge >= 0.3 is 6.18 Å². The molecule has 21 heavy (non-hydrogen) atoms. The third-order valence-electron chi connectivity index (χ3n) is 3.41. The highest BCUT2D eigenvalue weighted by Gasteiger charge is 2.32. The number of anilines is 1. The van der Waals surface area contributed by atoms with Crippen LogP contribution in [0, 0.1) is 5.92 Å². The minimum atomic E-state index is -4.50. The number of hydrogen-bond acceptors (Lipinski definition) is 2. The van der Waals surface area contributed by atoms with Crippen LogP contribution in [0.25, 0.3) is 0 Å². The van der Waals surface area contributed by atoms with Crippen LogP contribution in [0.1, 0.15) is 43.1 Å². The molecule has 118 valence electrons. The smallest absolute Gasteiger partial charge is 0.398 e. The summed E-state index contributed by atoms with van der Waals surface area (Å²) in [5, 5.41) is 0. The Hall–Kier alpha value is -1.72. The highest BCUT2D eigenvalue weighted by Crippen LogP contribution is 2.31. The summed E-state index contributed by atoms with van der Waals surface area (Å²) in [6.45, 7) is 5.91. The third-order valence-corrected chi connectivity index (χ3v) is 3.41. The van der Waals surface area contributed by atoms with Crippen molar-refractivity contribution in [2.45, 2.75) is 39.4 Å². The summed E-state index contributed by atoms with van der Waals surface area (Å²) >= 11 is 0. The molecule has 1 amide bonds. The average Bonchev–Trinajstić information content (AvgIpc) is 2.35. The lowest BCUT2D eigenvalue weighted by Crippen LogP contribution is -2.36. The third kappa shape index (κ3) is 4.37. The van der Waals surface area contributed by atoms with Crippen molar-refractivity contribution in [3.8, 4) is 0 Å². The van der Waals surface area contributed by atoms with Gasteiger partial charge in [-0.1, -0.05) is 13.8 Å². The van der Waals surface area contributed by atoms with E-state index in [9.17, 15) is 18.0 Å². The summed E-state index contributed by atoms with van der Waals surface area (Å²) < 4.78 is 38.2. The molecule has 0 fully saturated rings. The van der Waals surface area contributed by atoms with Crippen molar-refractivity contribution in [3.63, 3.8) is 0 Å². The van der Waals surface area contributed by atoms with Gasteiger partial charge in [0.05, 0.1) is 11.1 Å². The summed E-state index contributed by atoms with van der Waals surface area (Å²) in [6.07, 6.45) is -3.73. The molecule has 0 bridgehead atoms. The van der Waals surface area contributed by atoms with Crippen molar-refractivity contribution in [1.29, 1.82) is 0 Å². The Balaban J connectivity index is 3.06. The predicted octanol–water partition coefficient (Wildman–Crippen LogP) is 3.79. The van der Waals surface area contributed by atoms with Gasteiger partial charge < -0.3 is 10.6 Å². The van der Waals surface area contributed by atoms with Gasteiger partial charge in [-0.25, -0.2) is 0 Å². The number of amides is 1. The fourth-order valence-electron chi connectivity index (χ4n) is 2.15. The van der Waals surface area contributed by atoms with Crippen LogP contribution in [-0.2, 0) is 6.18 Å². The second-order valence-corrected chi connectivity index (χ2v) is 5.69. The molecule has 1 aromatic carbocycles. The van der Waals surface area contributed by atoms with Crippen LogP contribution in [0.3, 0.4) is 0 Å². The SMILES string of the molecule is CC(C)CC(C)N(C)C(=O)c1cc(C(F)(F)F)ccc1N. The topological polar surface area (TPSA) is 46.3 Å². The monoisotopic (exact) mass is 302 g/mol. The van der Waals surface area contributed by atoms with Crippen molar-refractivity contribution in [2.75, 3.05) is 12.8 Å². The van der Waals surface area contributed by atoms with E-state index in [1.54, 1.807) is 7.05 Å². The quantitative estimate of drug-likeness (QED) is 0.860. The Morgan fingerprint density at radius 1 is 1.29 bits per heavy atom. The molecular weight excluding hydrogens is 281 g/mol. The molecule has 6 heteroatoms. The van der Waals surface area contributed by atoms with Gasteiger partial charge in [0.25, 0.3) is 5.91 Å². The van der Waals surface area contributed by atoms with Gasteiger partial charge in [-0.15, -0.1) is 0 Å². The van der Waals surface area contributed by atoms with Gasteiger partial charge in [-0.2, -0.15) is 13.2 Å². The van der Waals surface area contributed by atoms with E-state index >= 15 is 0 Å². The van der Waals surface area contributed by atoms with Crippen LogP contribution in [-0.4, -0.2) is 23.9 Å². The first-order chi connectivity index (χ1) is 9.54. The van der Waals surface area contributed by atoms with Crippen LogP contribution in [0.5, 0.6) is 0 Å². The van der Waals surface area contributed by atoms with Crippen molar-refractivity contribution in [3.05, 3.63) is 29.3 Å². The lowest BCUT2D eigenvalue weighted by molar-refractivity contribution is -0.137. The molecule has 0 aliphatic rings. The first-order valence-corrected chi connectivity index (χ1v) is 6.78. The minimum absolute atomic E-state index is 0.0524. The van der Waals surface area contributed by atoms with Crippen molar-refractivity contribution < 1.29 is 18.0 Å². The normalized spacial score (nSPS) is 13.3. The molecule has 2 N–H and O–H groups in total. The summed E-state index contributed by atoms with van der Waals surface area (Å²) in [7, 11) is 1.58. The van der Waals surface area contributed by atoms with E-state index in [1.165, 1.54) is 4.90 Å². The summed E-state index contributed by atoms with van der Waals surface area (Å²) in [6, 6.07) is 2.74. The molecule has 0 spiro atoms. The second-order valence-electron chi connectivity index (χ2n) is 5.69. The number of nitrogen functional groups attached to an aromatic ring is 1. The Morgan fingerprint density at radius 3 is 2.33 bits per heavy atom. The summed E-state index contributed by atoms with van der Waals surface area (Å²) in [5.74, 6) is -0.110. The van der Waals surface area contributed by atoms with E-state index in [0.717, 1.165) is 24.6 Å². The second kappa shape index (κ2) is 6.37. The van der Waals surface area contributed by atoms with Crippen molar-refractivity contribution in [2.24, 2.45) is 5.92 Å². The van der Waals surface area contributed by atoms with Gasteiger partial charge in [0.2, 0.25) is 0 Å². The first-order valence-electron chi connectivity index (χ1n) is 6.78. The Bertz CT molecular complexity index is 512. The number of alkyl halides is 3. The zero-order chi connectivity index (χ0) is 16.4. The molecule has 1 atom stereocenters. The van der Waals surface area contributed by atoms with Gasteiger partial charge in [0, 0.05) is 18.8 Å². The number of carbonyl (C=O) groups excluding carboxylic acids is 1. The number of rotatable bonds is 4. The zero-order valence-electron chi connectivity index (χ0n) is 12.7. The predicted molar refractivity (Wildman–Crippen MR) is 76.9 cm³/mol. The lowest BCUT2D eigenvalue weighted by atomic mass is 10.0. The van der Waals surface area contributed by atoms with Crippen molar-refractivity contribution >= 4 is 11.6 Å². The van der Waals surface area contributed by atoms with E-state index in [0.29, 0.717) is 5.92 Å². The van der Waals surface area contributed by atoms with E-state index in [4.69, 9.17) is 5.73 Å². The van der Waals surface area contributed by atoms with E-state index in [-0.39, 0.29) is 17.3 Å². The lowest BCUT2D eigenvalue weighted by Gasteiger charge is -2.27. The van der Waals surface area contributed by atoms with Gasteiger partial charge in [-0.05, 0) is 37.5 Å². The van der Waals surface area contributed by atoms with Crippen LogP contribution >= 0.6 is 0 Å². The highest BCUT2D eigenvalue weighted by molar-refractivity contribution is 5.99. The fourth-order valence-corrected chi connectivity index (χ4v) is 2.15. The van der Waals surface area contributed by atoms with Crippen LogP contribution in [0.4, 0.5) is 18.9 Å². The minimum Gasteiger partial charge on any atom is -0.398 e. The first kappa shape index (κ1) is 17.3. The van der Waals surface area contributed by atoms with Gasteiger partial charge in [0.1, 0.15) is 0 Å². The molecule has 1 rings (SSSR count). The number of halogens is 3. The largest absolute Gasteiger partial charge is 0.416 e. The maximum absolute atomic E-state index is 12.7. The molecule has 0 saturated heterocycles. The average molecular weight is 302 g/mol.